The second kappa shape index (κ2) is 4.42. The first-order chi connectivity index (χ1) is 9.32. The van der Waals surface area contributed by atoms with E-state index in [9.17, 15) is 4.79 Å². The van der Waals surface area contributed by atoms with E-state index in [1.165, 1.54) is 0 Å². The number of carbonyl (C=O) groups is 1. The average molecular weight is 288 g/mol. The smallest absolute Gasteiger partial charge is 0.399 e. The van der Waals surface area contributed by atoms with Gasteiger partial charge in [0.05, 0.1) is 11.2 Å². The Morgan fingerprint density at radius 2 is 1.75 bits per heavy atom. The topological polar surface area (TPSA) is 35.5 Å². The Labute approximate surface area is 123 Å². The monoisotopic (exact) mass is 288 g/mol. The summed E-state index contributed by atoms with van der Waals surface area (Å²) < 4.78 is 14.3. The maximum absolute atomic E-state index is 10.8. The molecule has 0 saturated carbocycles. The van der Waals surface area contributed by atoms with Gasteiger partial charge in [0, 0.05) is 15.0 Å². The Morgan fingerprint density at radius 3 is 2.35 bits per heavy atom. The van der Waals surface area contributed by atoms with Crippen LogP contribution in [0.15, 0.2) is 24.3 Å². The summed E-state index contributed by atoms with van der Waals surface area (Å²) in [7, 11) is -0.336. The highest BCUT2D eigenvalue weighted by Gasteiger charge is 2.52. The molecule has 0 aliphatic carbocycles. The van der Waals surface area contributed by atoms with E-state index in [4.69, 9.17) is 9.31 Å². The van der Waals surface area contributed by atoms with Gasteiger partial charge in [-0.05, 0) is 51.3 Å². The molecule has 3 rings (SSSR count). The van der Waals surface area contributed by atoms with Crippen LogP contribution in [0.4, 0.5) is 0 Å². The van der Waals surface area contributed by atoms with Crippen LogP contribution < -0.4 is 4.78 Å². The van der Waals surface area contributed by atoms with Crippen LogP contribution in [-0.4, -0.2) is 24.6 Å². The molecule has 1 aliphatic heterocycles. The summed E-state index contributed by atoms with van der Waals surface area (Å²) in [4.78, 5) is 10.8. The van der Waals surface area contributed by atoms with Gasteiger partial charge in [-0.15, -0.1) is 11.3 Å². The molecule has 104 valence electrons. The molecule has 1 aromatic heterocycles. The minimum Gasteiger partial charge on any atom is -0.399 e. The molecule has 1 aromatic carbocycles. The summed E-state index contributed by atoms with van der Waals surface area (Å²) in [6, 6.07) is 7.75. The normalized spacial score (nSPS) is 20.5. The summed E-state index contributed by atoms with van der Waals surface area (Å²) in [6.07, 6.45) is 0.867. The number of carbonyl (C=O) groups excluding carboxylic acids is 1. The zero-order valence-electron chi connectivity index (χ0n) is 12.1. The standard InChI is InChI=1S/C15H17BO3S/c1-14(2)15(3,4)19-16(18-14)13-8-11-7-10(9-17)5-6-12(11)20-13/h5-9H,1-4H3. The van der Waals surface area contributed by atoms with Crippen molar-refractivity contribution in [2.45, 2.75) is 38.9 Å². The lowest BCUT2D eigenvalue weighted by molar-refractivity contribution is 0.00578. The number of rotatable bonds is 2. The van der Waals surface area contributed by atoms with Gasteiger partial charge in [0.25, 0.3) is 0 Å². The summed E-state index contributed by atoms with van der Waals surface area (Å²) in [5, 5.41) is 1.06. The summed E-state index contributed by atoms with van der Waals surface area (Å²) >= 11 is 1.65. The van der Waals surface area contributed by atoms with E-state index < -0.39 is 0 Å². The van der Waals surface area contributed by atoms with Crippen LogP contribution in [0.2, 0.25) is 0 Å². The van der Waals surface area contributed by atoms with Crippen molar-refractivity contribution in [2.24, 2.45) is 0 Å². The molecule has 2 aromatic rings. The highest BCUT2D eigenvalue weighted by molar-refractivity contribution is 7.28. The van der Waals surface area contributed by atoms with E-state index in [2.05, 4.69) is 6.07 Å². The van der Waals surface area contributed by atoms with Crippen LogP contribution in [0.3, 0.4) is 0 Å². The Kier molecular flexibility index (Phi) is 3.05. The van der Waals surface area contributed by atoms with E-state index >= 15 is 0 Å². The Balaban J connectivity index is 1.98. The molecule has 0 spiro atoms. The molecule has 1 saturated heterocycles. The maximum atomic E-state index is 10.8. The van der Waals surface area contributed by atoms with Gasteiger partial charge < -0.3 is 9.31 Å². The predicted octanol–water partition coefficient (Wildman–Crippen LogP) is 3.01. The first kappa shape index (κ1) is 13.8. The number of aldehydes is 1. The minimum absolute atomic E-state index is 0.332. The SMILES string of the molecule is CC1(C)OB(c2cc3cc(C=O)ccc3s2)OC1(C)C. The average Bonchev–Trinajstić information content (AvgIpc) is 2.87. The maximum Gasteiger partial charge on any atom is 0.505 e. The fourth-order valence-electron chi connectivity index (χ4n) is 2.23. The van der Waals surface area contributed by atoms with Crippen molar-refractivity contribution in [1.29, 1.82) is 0 Å². The molecular weight excluding hydrogens is 271 g/mol. The first-order valence-corrected chi connectivity index (χ1v) is 7.48. The van der Waals surface area contributed by atoms with Crippen molar-refractivity contribution in [1.82, 2.24) is 0 Å². The number of fused-ring (bicyclic) bond motifs is 1. The van der Waals surface area contributed by atoms with Gasteiger partial charge in [-0.3, -0.25) is 4.79 Å². The zero-order valence-corrected chi connectivity index (χ0v) is 12.9. The molecule has 3 nitrogen and oxygen atoms in total. The molecule has 0 unspecified atom stereocenters. The van der Waals surface area contributed by atoms with Gasteiger partial charge in [-0.1, -0.05) is 6.07 Å². The van der Waals surface area contributed by atoms with Gasteiger partial charge in [-0.25, -0.2) is 0 Å². The summed E-state index contributed by atoms with van der Waals surface area (Å²) in [5.74, 6) is 0. The van der Waals surface area contributed by atoms with Gasteiger partial charge >= 0.3 is 7.12 Å². The van der Waals surface area contributed by atoms with Crippen molar-refractivity contribution in [3.63, 3.8) is 0 Å². The predicted molar refractivity (Wildman–Crippen MR) is 82.9 cm³/mol. The Morgan fingerprint density at radius 1 is 1.10 bits per heavy atom. The fourth-order valence-corrected chi connectivity index (χ4v) is 3.24. The van der Waals surface area contributed by atoms with Gasteiger partial charge in [-0.2, -0.15) is 0 Å². The van der Waals surface area contributed by atoms with Crippen molar-refractivity contribution in [3.05, 3.63) is 29.8 Å². The third kappa shape index (κ3) is 2.10. The highest BCUT2D eigenvalue weighted by atomic mass is 32.1. The highest BCUT2D eigenvalue weighted by Crippen LogP contribution is 2.37. The molecule has 1 fully saturated rings. The molecule has 0 amide bonds. The molecular formula is C15H17BO3S. The minimum atomic E-state index is -0.336. The van der Waals surface area contributed by atoms with Crippen LogP contribution in [-0.2, 0) is 9.31 Å². The largest absolute Gasteiger partial charge is 0.505 e. The molecule has 20 heavy (non-hydrogen) atoms. The lowest BCUT2D eigenvalue weighted by atomic mass is 9.87. The van der Waals surface area contributed by atoms with E-state index in [1.54, 1.807) is 11.3 Å². The molecule has 1 aliphatic rings. The second-order valence-electron chi connectivity index (χ2n) is 6.15. The van der Waals surface area contributed by atoms with E-state index in [0.29, 0.717) is 5.56 Å². The van der Waals surface area contributed by atoms with Crippen molar-refractivity contribution < 1.29 is 14.1 Å². The molecule has 5 heteroatoms. The lowest BCUT2D eigenvalue weighted by Gasteiger charge is -2.32. The molecule has 0 N–H and O–H groups in total. The Bertz CT molecular complexity index is 659. The first-order valence-electron chi connectivity index (χ1n) is 6.67. The van der Waals surface area contributed by atoms with Crippen LogP contribution in [0.25, 0.3) is 10.1 Å². The summed E-state index contributed by atoms with van der Waals surface area (Å²) in [6.45, 7) is 8.19. The fraction of sp³-hybridized carbons (Fsp3) is 0.400. The molecule has 0 bridgehead atoms. The quantitative estimate of drug-likeness (QED) is 0.629. The van der Waals surface area contributed by atoms with E-state index in [0.717, 1.165) is 21.1 Å². The van der Waals surface area contributed by atoms with Crippen molar-refractivity contribution in [2.75, 3.05) is 0 Å². The molecule has 0 atom stereocenters. The van der Waals surface area contributed by atoms with E-state index in [1.807, 2.05) is 45.9 Å². The van der Waals surface area contributed by atoms with E-state index in [-0.39, 0.29) is 18.3 Å². The third-order valence-electron chi connectivity index (χ3n) is 4.18. The van der Waals surface area contributed by atoms with Crippen LogP contribution >= 0.6 is 11.3 Å². The third-order valence-corrected chi connectivity index (χ3v) is 5.32. The van der Waals surface area contributed by atoms with Gasteiger partial charge in [0.2, 0.25) is 0 Å². The van der Waals surface area contributed by atoms with Crippen LogP contribution in [0, 0.1) is 0 Å². The lowest BCUT2D eigenvalue weighted by Crippen LogP contribution is -2.41. The number of thiophene rings is 1. The van der Waals surface area contributed by atoms with Crippen molar-refractivity contribution in [3.8, 4) is 0 Å². The second-order valence-corrected chi connectivity index (χ2v) is 7.27. The van der Waals surface area contributed by atoms with Crippen LogP contribution in [0.1, 0.15) is 38.1 Å². The van der Waals surface area contributed by atoms with Crippen LogP contribution in [0.5, 0.6) is 0 Å². The zero-order chi connectivity index (χ0) is 14.5. The number of hydrogen-bond acceptors (Lipinski definition) is 4. The molecule has 0 radical (unpaired) electrons. The molecule has 2 heterocycles. The number of hydrogen-bond donors (Lipinski definition) is 0. The Hall–Kier alpha value is -1.17. The van der Waals surface area contributed by atoms with Gasteiger partial charge in [0.1, 0.15) is 6.29 Å². The van der Waals surface area contributed by atoms with Crippen molar-refractivity contribution >= 4 is 39.6 Å². The number of benzene rings is 1. The summed E-state index contributed by atoms with van der Waals surface area (Å²) in [5.41, 5.74) is 0.0274. The van der Waals surface area contributed by atoms with Gasteiger partial charge in [0.15, 0.2) is 0 Å².